The molecule has 1 aromatic rings. The van der Waals surface area contributed by atoms with Crippen molar-refractivity contribution in [3.05, 3.63) is 18.0 Å². The number of aldehydes is 1. The zero-order valence-electron chi connectivity index (χ0n) is 7.93. The average molecular weight is 182 g/mol. The van der Waals surface area contributed by atoms with E-state index in [-0.39, 0.29) is 6.10 Å². The van der Waals surface area contributed by atoms with Gasteiger partial charge in [0.2, 0.25) is 0 Å². The van der Waals surface area contributed by atoms with E-state index < -0.39 is 0 Å². The van der Waals surface area contributed by atoms with E-state index in [4.69, 9.17) is 4.74 Å². The molecule has 0 radical (unpaired) electrons. The first kappa shape index (κ1) is 9.92. The summed E-state index contributed by atoms with van der Waals surface area (Å²) in [6.45, 7) is 5.28. The smallest absolute Gasteiger partial charge is 0.153 e. The van der Waals surface area contributed by atoms with Crippen molar-refractivity contribution in [1.82, 2.24) is 9.78 Å². The second-order valence-electron chi connectivity index (χ2n) is 3.07. The van der Waals surface area contributed by atoms with Gasteiger partial charge in [-0.2, -0.15) is 5.10 Å². The lowest BCUT2D eigenvalue weighted by molar-refractivity contribution is 0.0709. The average Bonchev–Trinajstić information content (AvgIpc) is 2.52. The topological polar surface area (TPSA) is 44.1 Å². The Labute approximate surface area is 77.5 Å². The van der Waals surface area contributed by atoms with Crippen LogP contribution in [0.5, 0.6) is 0 Å². The normalized spacial score (nSPS) is 10.7. The van der Waals surface area contributed by atoms with E-state index in [1.807, 2.05) is 13.8 Å². The summed E-state index contributed by atoms with van der Waals surface area (Å²) in [5.41, 5.74) is 0.601. The van der Waals surface area contributed by atoms with Crippen molar-refractivity contribution in [2.24, 2.45) is 0 Å². The Morgan fingerprint density at radius 3 is 3.00 bits per heavy atom. The Bertz CT molecular complexity index is 268. The van der Waals surface area contributed by atoms with Crippen LogP contribution in [0.25, 0.3) is 0 Å². The summed E-state index contributed by atoms with van der Waals surface area (Å²) in [5.74, 6) is 0. The van der Waals surface area contributed by atoms with Crippen molar-refractivity contribution in [2.45, 2.75) is 26.5 Å². The van der Waals surface area contributed by atoms with Crippen LogP contribution in [-0.2, 0) is 11.3 Å². The van der Waals surface area contributed by atoms with Gasteiger partial charge in [-0.1, -0.05) is 0 Å². The molecule has 0 spiro atoms. The van der Waals surface area contributed by atoms with Crippen molar-refractivity contribution in [2.75, 3.05) is 6.61 Å². The van der Waals surface area contributed by atoms with Crippen LogP contribution in [-0.4, -0.2) is 28.8 Å². The fraction of sp³-hybridized carbons (Fsp3) is 0.556. The number of carbonyl (C=O) groups is 1. The molecule has 0 aliphatic carbocycles. The lowest BCUT2D eigenvalue weighted by Gasteiger charge is -2.06. The van der Waals surface area contributed by atoms with Gasteiger partial charge in [0.1, 0.15) is 0 Å². The first-order valence-corrected chi connectivity index (χ1v) is 4.31. The van der Waals surface area contributed by atoms with Gasteiger partial charge in [-0.05, 0) is 13.8 Å². The van der Waals surface area contributed by atoms with Gasteiger partial charge in [-0.3, -0.25) is 9.48 Å². The highest BCUT2D eigenvalue weighted by atomic mass is 16.5. The molecule has 0 saturated carbocycles. The third kappa shape index (κ3) is 3.38. The van der Waals surface area contributed by atoms with E-state index in [9.17, 15) is 4.79 Å². The Balaban J connectivity index is 2.32. The summed E-state index contributed by atoms with van der Waals surface area (Å²) < 4.78 is 7.04. The van der Waals surface area contributed by atoms with Crippen LogP contribution in [0.1, 0.15) is 24.2 Å². The third-order valence-corrected chi connectivity index (χ3v) is 1.56. The standard InChI is InChI=1S/C9H14N2O2/c1-8(2)13-4-3-11-6-9(7-12)5-10-11/h5-8H,3-4H2,1-2H3. The monoisotopic (exact) mass is 182 g/mol. The summed E-state index contributed by atoms with van der Waals surface area (Å²) in [6, 6.07) is 0. The molecule has 0 fully saturated rings. The number of hydrogen-bond donors (Lipinski definition) is 0. The first-order chi connectivity index (χ1) is 6.22. The highest BCUT2D eigenvalue weighted by Gasteiger charge is 1.97. The summed E-state index contributed by atoms with van der Waals surface area (Å²) in [7, 11) is 0. The van der Waals surface area contributed by atoms with Gasteiger partial charge in [0.15, 0.2) is 6.29 Å². The van der Waals surface area contributed by atoms with Crippen molar-refractivity contribution in [1.29, 1.82) is 0 Å². The molecule has 1 aromatic heterocycles. The van der Waals surface area contributed by atoms with E-state index in [1.54, 1.807) is 17.1 Å². The number of aromatic nitrogens is 2. The van der Waals surface area contributed by atoms with Gasteiger partial charge < -0.3 is 4.74 Å². The zero-order chi connectivity index (χ0) is 9.68. The molecule has 72 valence electrons. The fourth-order valence-corrected chi connectivity index (χ4v) is 0.945. The Morgan fingerprint density at radius 2 is 2.46 bits per heavy atom. The molecule has 13 heavy (non-hydrogen) atoms. The lowest BCUT2D eigenvalue weighted by atomic mass is 10.4. The molecule has 0 aliphatic rings. The fourth-order valence-electron chi connectivity index (χ4n) is 0.945. The number of ether oxygens (including phenoxy) is 1. The molecular formula is C9H14N2O2. The highest BCUT2D eigenvalue weighted by molar-refractivity contribution is 5.73. The summed E-state index contributed by atoms with van der Waals surface area (Å²) >= 11 is 0. The molecule has 1 rings (SSSR count). The van der Waals surface area contributed by atoms with Crippen LogP contribution in [0.3, 0.4) is 0 Å². The van der Waals surface area contributed by atoms with Gasteiger partial charge in [-0.15, -0.1) is 0 Å². The molecule has 0 aliphatic heterocycles. The number of nitrogens with zero attached hydrogens (tertiary/aromatic N) is 2. The molecule has 4 nitrogen and oxygen atoms in total. The van der Waals surface area contributed by atoms with Gasteiger partial charge in [0.05, 0.1) is 31.0 Å². The Morgan fingerprint density at radius 1 is 1.69 bits per heavy atom. The quantitative estimate of drug-likeness (QED) is 0.641. The SMILES string of the molecule is CC(C)OCCn1cc(C=O)cn1. The van der Waals surface area contributed by atoms with E-state index in [0.29, 0.717) is 18.7 Å². The van der Waals surface area contributed by atoms with Crippen molar-refractivity contribution in [3.8, 4) is 0 Å². The van der Waals surface area contributed by atoms with Crippen LogP contribution in [0, 0.1) is 0 Å². The predicted molar refractivity (Wildman–Crippen MR) is 48.7 cm³/mol. The van der Waals surface area contributed by atoms with E-state index >= 15 is 0 Å². The van der Waals surface area contributed by atoms with Crippen molar-refractivity contribution < 1.29 is 9.53 Å². The highest BCUT2D eigenvalue weighted by Crippen LogP contribution is 1.94. The summed E-state index contributed by atoms with van der Waals surface area (Å²) in [5, 5.41) is 3.99. The summed E-state index contributed by atoms with van der Waals surface area (Å²) in [6.07, 6.45) is 4.27. The van der Waals surface area contributed by atoms with Crippen LogP contribution >= 0.6 is 0 Å². The van der Waals surface area contributed by atoms with Gasteiger partial charge in [0.25, 0.3) is 0 Å². The molecular weight excluding hydrogens is 168 g/mol. The maximum atomic E-state index is 10.3. The van der Waals surface area contributed by atoms with Crippen LogP contribution in [0.15, 0.2) is 12.4 Å². The van der Waals surface area contributed by atoms with Crippen LogP contribution in [0.2, 0.25) is 0 Å². The molecule has 0 saturated heterocycles. The van der Waals surface area contributed by atoms with E-state index in [0.717, 1.165) is 6.29 Å². The van der Waals surface area contributed by atoms with Gasteiger partial charge in [-0.25, -0.2) is 0 Å². The molecule has 0 N–H and O–H groups in total. The molecule has 1 heterocycles. The van der Waals surface area contributed by atoms with Crippen LogP contribution < -0.4 is 0 Å². The first-order valence-electron chi connectivity index (χ1n) is 4.31. The molecule has 0 atom stereocenters. The minimum absolute atomic E-state index is 0.237. The number of rotatable bonds is 5. The second-order valence-corrected chi connectivity index (χ2v) is 3.07. The van der Waals surface area contributed by atoms with Crippen LogP contribution in [0.4, 0.5) is 0 Å². The minimum atomic E-state index is 0.237. The second kappa shape index (κ2) is 4.77. The Hall–Kier alpha value is -1.16. The van der Waals surface area contributed by atoms with E-state index in [2.05, 4.69) is 5.10 Å². The lowest BCUT2D eigenvalue weighted by Crippen LogP contribution is -2.10. The van der Waals surface area contributed by atoms with Crippen molar-refractivity contribution in [3.63, 3.8) is 0 Å². The maximum Gasteiger partial charge on any atom is 0.153 e. The Kier molecular flexibility index (Phi) is 3.64. The van der Waals surface area contributed by atoms with Crippen molar-refractivity contribution >= 4 is 6.29 Å². The number of carbonyl (C=O) groups excluding carboxylic acids is 1. The molecule has 0 amide bonds. The van der Waals surface area contributed by atoms with Gasteiger partial charge in [0, 0.05) is 6.20 Å². The molecule has 4 heteroatoms. The molecule has 0 bridgehead atoms. The number of hydrogen-bond acceptors (Lipinski definition) is 3. The van der Waals surface area contributed by atoms with Gasteiger partial charge >= 0.3 is 0 Å². The third-order valence-electron chi connectivity index (χ3n) is 1.56. The zero-order valence-corrected chi connectivity index (χ0v) is 7.93. The molecule has 0 unspecified atom stereocenters. The minimum Gasteiger partial charge on any atom is -0.377 e. The molecule has 0 aromatic carbocycles. The maximum absolute atomic E-state index is 10.3. The van der Waals surface area contributed by atoms with E-state index in [1.165, 1.54) is 0 Å². The summed E-state index contributed by atoms with van der Waals surface area (Å²) in [4.78, 5) is 10.3. The largest absolute Gasteiger partial charge is 0.377 e. The predicted octanol–water partition coefficient (Wildman–Crippen LogP) is 1.12.